The van der Waals surface area contributed by atoms with E-state index in [1.165, 1.54) is 6.26 Å². The molecule has 0 bridgehead atoms. The molecule has 1 fully saturated rings. The maximum absolute atomic E-state index is 12.7. The minimum absolute atomic E-state index is 0.251. The number of hydrogen-bond acceptors (Lipinski definition) is 7. The van der Waals surface area contributed by atoms with Gasteiger partial charge < -0.3 is 20.8 Å². The quantitative estimate of drug-likeness (QED) is 0.467. The molecule has 0 atom stereocenters. The van der Waals surface area contributed by atoms with Gasteiger partial charge in [0.1, 0.15) is 12.1 Å². The summed E-state index contributed by atoms with van der Waals surface area (Å²) in [6.45, 7) is 1.87. The lowest BCUT2D eigenvalue weighted by molar-refractivity contribution is 0.102. The van der Waals surface area contributed by atoms with Gasteiger partial charge in [-0.3, -0.25) is 9.78 Å². The summed E-state index contributed by atoms with van der Waals surface area (Å²) < 4.78 is 5.57. The number of rotatable bonds is 4. The molecule has 4 aromatic rings. The summed E-state index contributed by atoms with van der Waals surface area (Å²) in [6.07, 6.45) is 8.44. The van der Waals surface area contributed by atoms with Crippen LogP contribution in [0.25, 0.3) is 21.9 Å². The number of nitrogens with two attached hydrogens (primary N) is 1. The monoisotopic (exact) mass is 414 g/mol. The van der Waals surface area contributed by atoms with Crippen LogP contribution in [0.1, 0.15) is 35.1 Å². The number of amides is 1. The van der Waals surface area contributed by atoms with Gasteiger partial charge in [-0.05, 0) is 55.1 Å². The van der Waals surface area contributed by atoms with E-state index in [4.69, 9.17) is 10.2 Å². The van der Waals surface area contributed by atoms with E-state index >= 15 is 0 Å². The van der Waals surface area contributed by atoms with E-state index in [1.807, 2.05) is 30.3 Å². The van der Waals surface area contributed by atoms with Crippen molar-refractivity contribution in [3.05, 3.63) is 66.8 Å². The molecule has 1 aromatic carbocycles. The predicted molar refractivity (Wildman–Crippen MR) is 119 cm³/mol. The molecule has 5 rings (SSSR count). The second-order valence-corrected chi connectivity index (χ2v) is 7.69. The highest BCUT2D eigenvalue weighted by Gasteiger charge is 2.22. The van der Waals surface area contributed by atoms with Gasteiger partial charge in [-0.15, -0.1) is 0 Å². The van der Waals surface area contributed by atoms with Crippen LogP contribution in [0.4, 0.5) is 11.5 Å². The van der Waals surface area contributed by atoms with Crippen LogP contribution in [0.2, 0.25) is 0 Å². The number of nitrogen functional groups attached to an aromatic ring is 1. The average molecular weight is 414 g/mol. The Morgan fingerprint density at radius 1 is 1.06 bits per heavy atom. The van der Waals surface area contributed by atoms with Crippen LogP contribution in [0, 0.1) is 0 Å². The number of hydrogen-bond donors (Lipinski definition) is 3. The lowest BCUT2D eigenvalue weighted by Crippen LogP contribution is -2.26. The third-order valence-electron chi connectivity index (χ3n) is 5.50. The van der Waals surface area contributed by atoms with E-state index in [2.05, 4.69) is 25.6 Å². The molecule has 1 amide bonds. The number of aromatic nitrogens is 3. The fraction of sp³-hybridized carbons (Fsp3) is 0.217. The van der Waals surface area contributed by atoms with E-state index in [0.29, 0.717) is 17.4 Å². The number of carbonyl (C=O) groups is 1. The first-order valence-electron chi connectivity index (χ1n) is 10.2. The van der Waals surface area contributed by atoms with Gasteiger partial charge >= 0.3 is 0 Å². The standard InChI is InChI=1S/C23H22N6O2/c24-19-8-18(10-26-12-19)15-1-2-16-11-27-21(9-17(16)7-15)29-22(30)20-13-31-23(28-20)14-3-5-25-6-4-14/h1-2,7-14,25H,3-6,24H2,(H,27,29,30). The van der Waals surface area contributed by atoms with Gasteiger partial charge in [-0.1, -0.05) is 12.1 Å². The van der Waals surface area contributed by atoms with E-state index in [0.717, 1.165) is 47.8 Å². The summed E-state index contributed by atoms with van der Waals surface area (Å²) in [6, 6.07) is 9.72. The molecule has 1 saturated heterocycles. The zero-order chi connectivity index (χ0) is 21.2. The second-order valence-electron chi connectivity index (χ2n) is 7.69. The first-order chi connectivity index (χ1) is 15.2. The van der Waals surface area contributed by atoms with Crippen molar-refractivity contribution in [1.82, 2.24) is 20.3 Å². The molecule has 8 heteroatoms. The van der Waals surface area contributed by atoms with Crippen molar-refractivity contribution in [1.29, 1.82) is 0 Å². The molecule has 0 spiro atoms. The summed E-state index contributed by atoms with van der Waals surface area (Å²) in [5, 5.41) is 8.04. The molecule has 31 heavy (non-hydrogen) atoms. The Hall–Kier alpha value is -3.78. The van der Waals surface area contributed by atoms with Crippen molar-refractivity contribution in [3.8, 4) is 11.1 Å². The van der Waals surface area contributed by atoms with Gasteiger partial charge in [-0.2, -0.15) is 0 Å². The molecule has 156 valence electrons. The van der Waals surface area contributed by atoms with Gasteiger partial charge in [0.05, 0.1) is 5.69 Å². The number of piperidine rings is 1. The van der Waals surface area contributed by atoms with E-state index in [-0.39, 0.29) is 17.5 Å². The number of anilines is 2. The maximum Gasteiger partial charge on any atom is 0.278 e. The number of benzene rings is 1. The zero-order valence-electron chi connectivity index (χ0n) is 16.8. The fourth-order valence-corrected chi connectivity index (χ4v) is 3.83. The summed E-state index contributed by atoms with van der Waals surface area (Å²) in [4.78, 5) is 25.6. The highest BCUT2D eigenvalue weighted by atomic mass is 16.3. The van der Waals surface area contributed by atoms with Crippen molar-refractivity contribution >= 4 is 28.2 Å². The predicted octanol–water partition coefficient (Wildman–Crippen LogP) is 3.59. The molecule has 3 aromatic heterocycles. The van der Waals surface area contributed by atoms with E-state index in [9.17, 15) is 4.79 Å². The van der Waals surface area contributed by atoms with Crippen molar-refractivity contribution in [2.75, 3.05) is 24.1 Å². The second kappa shape index (κ2) is 8.16. The van der Waals surface area contributed by atoms with Crippen molar-refractivity contribution in [2.24, 2.45) is 0 Å². The van der Waals surface area contributed by atoms with Crippen LogP contribution in [-0.4, -0.2) is 33.9 Å². The van der Waals surface area contributed by atoms with Crippen LogP contribution < -0.4 is 16.4 Å². The van der Waals surface area contributed by atoms with Crippen LogP contribution in [0.5, 0.6) is 0 Å². The first kappa shape index (κ1) is 19.2. The molecule has 4 heterocycles. The average Bonchev–Trinajstić information content (AvgIpc) is 3.30. The van der Waals surface area contributed by atoms with Crippen LogP contribution >= 0.6 is 0 Å². The molecule has 8 nitrogen and oxygen atoms in total. The Bertz CT molecular complexity index is 1250. The van der Waals surface area contributed by atoms with Crippen molar-refractivity contribution in [3.63, 3.8) is 0 Å². The van der Waals surface area contributed by atoms with Gasteiger partial charge in [-0.25, -0.2) is 9.97 Å². The fourth-order valence-electron chi connectivity index (χ4n) is 3.83. The Kier molecular flexibility index (Phi) is 5.05. The molecular formula is C23H22N6O2. The maximum atomic E-state index is 12.7. The van der Waals surface area contributed by atoms with Crippen LogP contribution in [0.3, 0.4) is 0 Å². The van der Waals surface area contributed by atoms with E-state index in [1.54, 1.807) is 18.6 Å². The van der Waals surface area contributed by atoms with Gasteiger partial charge in [0.15, 0.2) is 11.6 Å². The van der Waals surface area contributed by atoms with Gasteiger partial charge in [0, 0.05) is 35.5 Å². The number of nitrogens with one attached hydrogen (secondary N) is 2. The highest BCUT2D eigenvalue weighted by Crippen LogP contribution is 2.27. The minimum Gasteiger partial charge on any atom is -0.448 e. The first-order valence-corrected chi connectivity index (χ1v) is 10.2. The number of fused-ring (bicyclic) bond motifs is 1. The number of pyridine rings is 2. The Labute approximate surface area is 178 Å². The molecule has 4 N–H and O–H groups in total. The van der Waals surface area contributed by atoms with E-state index < -0.39 is 0 Å². The summed E-state index contributed by atoms with van der Waals surface area (Å²) in [5.74, 6) is 0.985. The molecule has 0 unspecified atom stereocenters. The number of oxazole rings is 1. The Balaban J connectivity index is 1.36. The van der Waals surface area contributed by atoms with Crippen molar-refractivity contribution < 1.29 is 9.21 Å². The molecule has 1 aliphatic rings. The smallest absolute Gasteiger partial charge is 0.278 e. The third-order valence-corrected chi connectivity index (χ3v) is 5.50. The molecular weight excluding hydrogens is 392 g/mol. The normalized spacial score (nSPS) is 14.6. The summed E-state index contributed by atoms with van der Waals surface area (Å²) in [5.41, 5.74) is 8.64. The Morgan fingerprint density at radius 3 is 2.77 bits per heavy atom. The molecule has 0 aliphatic carbocycles. The SMILES string of the molecule is Nc1cncc(-c2ccc3cnc(NC(=O)c4coc(C5CCNCC5)n4)cc3c2)c1. The third kappa shape index (κ3) is 4.10. The molecule has 0 saturated carbocycles. The van der Waals surface area contributed by atoms with Gasteiger partial charge in [0.25, 0.3) is 5.91 Å². The summed E-state index contributed by atoms with van der Waals surface area (Å²) >= 11 is 0. The van der Waals surface area contributed by atoms with Crippen molar-refractivity contribution in [2.45, 2.75) is 18.8 Å². The zero-order valence-corrected chi connectivity index (χ0v) is 16.8. The minimum atomic E-state index is -0.341. The number of nitrogens with zero attached hydrogens (tertiary/aromatic N) is 3. The van der Waals surface area contributed by atoms with Crippen LogP contribution in [-0.2, 0) is 0 Å². The largest absolute Gasteiger partial charge is 0.448 e. The molecule has 1 aliphatic heterocycles. The lowest BCUT2D eigenvalue weighted by atomic mass is 9.98. The number of carbonyl (C=O) groups excluding carboxylic acids is 1. The van der Waals surface area contributed by atoms with Gasteiger partial charge in [0.2, 0.25) is 0 Å². The topological polar surface area (TPSA) is 119 Å². The highest BCUT2D eigenvalue weighted by molar-refractivity contribution is 6.03. The summed E-state index contributed by atoms with van der Waals surface area (Å²) in [7, 11) is 0. The lowest BCUT2D eigenvalue weighted by Gasteiger charge is -2.19. The van der Waals surface area contributed by atoms with Crippen LogP contribution in [0.15, 0.2) is 59.6 Å². The Morgan fingerprint density at radius 2 is 1.94 bits per heavy atom. The molecule has 0 radical (unpaired) electrons.